The van der Waals surface area contributed by atoms with Gasteiger partial charge in [-0.3, -0.25) is 10.1 Å². The van der Waals surface area contributed by atoms with E-state index in [1.807, 2.05) is 56.7 Å². The van der Waals surface area contributed by atoms with Crippen molar-refractivity contribution in [3.8, 4) is 0 Å². The molecule has 0 aliphatic heterocycles. The van der Waals surface area contributed by atoms with Gasteiger partial charge in [-0.25, -0.2) is 4.98 Å². The maximum atomic E-state index is 11.4. The molecule has 2 unspecified atom stereocenters. The number of nitrogens with one attached hydrogen (secondary N) is 1. The zero-order valence-corrected chi connectivity index (χ0v) is 13.0. The van der Waals surface area contributed by atoms with Crippen molar-refractivity contribution in [2.24, 2.45) is 13.0 Å². The van der Waals surface area contributed by atoms with Gasteiger partial charge in [0.1, 0.15) is 11.9 Å². The van der Waals surface area contributed by atoms with E-state index in [0.717, 1.165) is 16.9 Å². The summed E-state index contributed by atoms with van der Waals surface area (Å²) in [5, 5.41) is 12.5. The van der Waals surface area contributed by atoms with E-state index in [2.05, 4.69) is 10.3 Å². The van der Waals surface area contributed by atoms with Crippen LogP contribution in [0.25, 0.3) is 11.0 Å². The lowest BCUT2D eigenvalue weighted by molar-refractivity contribution is -0.140. The molecule has 0 amide bonds. The molecule has 2 aromatic rings. The number of benzene rings is 1. The molecule has 1 heterocycles. The van der Waals surface area contributed by atoms with Crippen molar-refractivity contribution < 1.29 is 9.90 Å². The summed E-state index contributed by atoms with van der Waals surface area (Å²) in [6.45, 7) is 6.01. The molecule has 0 fully saturated rings. The molecular formula is C16H23N3O2. The van der Waals surface area contributed by atoms with Crippen molar-refractivity contribution in [2.45, 2.75) is 39.3 Å². The second-order valence-electron chi connectivity index (χ2n) is 5.93. The average Bonchev–Trinajstić information content (AvgIpc) is 2.75. The number of carbonyl (C=O) groups is 1. The monoisotopic (exact) mass is 289 g/mol. The van der Waals surface area contributed by atoms with E-state index in [0.29, 0.717) is 12.3 Å². The molecule has 0 saturated heterocycles. The quantitative estimate of drug-likeness (QED) is 0.858. The highest BCUT2D eigenvalue weighted by Gasteiger charge is 2.23. The van der Waals surface area contributed by atoms with Gasteiger partial charge in [0, 0.05) is 7.05 Å². The molecule has 0 radical (unpaired) electrons. The van der Waals surface area contributed by atoms with Crippen LogP contribution in [0.15, 0.2) is 24.3 Å². The lowest BCUT2D eigenvalue weighted by atomic mass is 10.0. The fraction of sp³-hybridized carbons (Fsp3) is 0.500. The van der Waals surface area contributed by atoms with E-state index in [1.165, 1.54) is 0 Å². The molecule has 114 valence electrons. The highest BCUT2D eigenvalue weighted by atomic mass is 16.4. The second-order valence-corrected chi connectivity index (χ2v) is 5.93. The molecule has 21 heavy (non-hydrogen) atoms. The highest BCUT2D eigenvalue weighted by Crippen LogP contribution is 2.20. The lowest BCUT2D eigenvalue weighted by Crippen LogP contribution is -2.40. The Morgan fingerprint density at radius 3 is 2.57 bits per heavy atom. The molecule has 5 heteroatoms. The van der Waals surface area contributed by atoms with Gasteiger partial charge in [0.15, 0.2) is 0 Å². The first kappa shape index (κ1) is 15.5. The van der Waals surface area contributed by atoms with Crippen LogP contribution in [0.5, 0.6) is 0 Å². The molecule has 1 aromatic heterocycles. The Hall–Kier alpha value is -1.88. The minimum atomic E-state index is -0.811. The third-order valence-electron chi connectivity index (χ3n) is 3.67. The third kappa shape index (κ3) is 3.42. The Morgan fingerprint density at radius 2 is 2.00 bits per heavy atom. The number of hydrogen-bond acceptors (Lipinski definition) is 3. The number of para-hydroxylation sites is 2. The minimum absolute atomic E-state index is 0.123. The Morgan fingerprint density at radius 1 is 1.33 bits per heavy atom. The normalized spacial score (nSPS) is 14.5. The molecule has 0 bridgehead atoms. The number of imidazole rings is 1. The third-order valence-corrected chi connectivity index (χ3v) is 3.67. The van der Waals surface area contributed by atoms with Crippen LogP contribution in [0.1, 0.15) is 39.1 Å². The number of aryl methyl sites for hydroxylation is 1. The topological polar surface area (TPSA) is 67.2 Å². The molecule has 0 saturated carbocycles. The Balaban J connectivity index is 2.23. The smallest absolute Gasteiger partial charge is 0.320 e. The van der Waals surface area contributed by atoms with Crippen LogP contribution in [0.4, 0.5) is 0 Å². The van der Waals surface area contributed by atoms with Crippen LogP contribution >= 0.6 is 0 Å². The van der Waals surface area contributed by atoms with E-state index in [1.54, 1.807) is 0 Å². The van der Waals surface area contributed by atoms with Crippen LogP contribution in [-0.4, -0.2) is 26.7 Å². The van der Waals surface area contributed by atoms with Gasteiger partial charge in [0.25, 0.3) is 0 Å². The van der Waals surface area contributed by atoms with Crippen molar-refractivity contribution in [1.29, 1.82) is 0 Å². The van der Waals surface area contributed by atoms with Crippen LogP contribution in [0.3, 0.4) is 0 Å². The van der Waals surface area contributed by atoms with Crippen molar-refractivity contribution in [3.05, 3.63) is 30.1 Å². The molecule has 2 rings (SSSR count). The predicted molar refractivity (Wildman–Crippen MR) is 83.1 cm³/mol. The standard InChI is InChI=1S/C16H23N3O2/c1-10(2)9-13(16(20)21)17-11(3)15-18-12-7-5-6-8-14(12)19(15)4/h5-8,10-11,13,17H,9H2,1-4H3,(H,20,21). The number of carboxylic acid groups (broad SMARTS) is 1. The van der Waals surface area contributed by atoms with E-state index in [4.69, 9.17) is 0 Å². The van der Waals surface area contributed by atoms with Gasteiger partial charge in [-0.05, 0) is 31.4 Å². The summed E-state index contributed by atoms with van der Waals surface area (Å²) in [4.78, 5) is 16.0. The van der Waals surface area contributed by atoms with Gasteiger partial charge >= 0.3 is 5.97 Å². The zero-order valence-electron chi connectivity index (χ0n) is 13.0. The maximum Gasteiger partial charge on any atom is 0.320 e. The molecule has 5 nitrogen and oxygen atoms in total. The highest BCUT2D eigenvalue weighted by molar-refractivity contribution is 5.76. The van der Waals surface area contributed by atoms with Gasteiger partial charge in [0.05, 0.1) is 17.1 Å². The summed E-state index contributed by atoms with van der Waals surface area (Å²) in [5.74, 6) is 0.367. The number of fused-ring (bicyclic) bond motifs is 1. The van der Waals surface area contributed by atoms with Crippen molar-refractivity contribution in [1.82, 2.24) is 14.9 Å². The minimum Gasteiger partial charge on any atom is -0.480 e. The van der Waals surface area contributed by atoms with Crippen LogP contribution in [0, 0.1) is 5.92 Å². The van der Waals surface area contributed by atoms with E-state index in [9.17, 15) is 9.90 Å². The Kier molecular flexibility index (Phi) is 4.63. The van der Waals surface area contributed by atoms with Crippen LogP contribution in [-0.2, 0) is 11.8 Å². The first-order valence-electron chi connectivity index (χ1n) is 7.30. The summed E-state index contributed by atoms with van der Waals surface area (Å²) >= 11 is 0. The van der Waals surface area contributed by atoms with Gasteiger partial charge in [-0.1, -0.05) is 26.0 Å². The van der Waals surface area contributed by atoms with E-state index < -0.39 is 12.0 Å². The SMILES string of the molecule is CC(C)CC(NC(C)c1nc2ccccc2n1C)C(=O)O. The van der Waals surface area contributed by atoms with Crippen molar-refractivity contribution in [3.63, 3.8) is 0 Å². The molecular weight excluding hydrogens is 266 g/mol. The molecule has 1 aromatic carbocycles. The van der Waals surface area contributed by atoms with Gasteiger partial charge in [-0.15, -0.1) is 0 Å². The predicted octanol–water partition coefficient (Wildman–Crippen LogP) is 2.72. The Labute approximate surface area is 125 Å². The van der Waals surface area contributed by atoms with Crippen molar-refractivity contribution in [2.75, 3.05) is 0 Å². The fourth-order valence-electron chi connectivity index (χ4n) is 2.64. The summed E-state index contributed by atoms with van der Waals surface area (Å²) in [6, 6.07) is 7.23. The first-order chi connectivity index (χ1) is 9.90. The number of rotatable bonds is 6. The molecule has 2 atom stereocenters. The zero-order chi connectivity index (χ0) is 15.6. The molecule has 0 aliphatic rings. The molecule has 2 N–H and O–H groups in total. The fourth-order valence-corrected chi connectivity index (χ4v) is 2.64. The van der Waals surface area contributed by atoms with E-state index in [-0.39, 0.29) is 6.04 Å². The summed E-state index contributed by atoms with van der Waals surface area (Å²) < 4.78 is 2.02. The number of nitrogens with zero attached hydrogens (tertiary/aromatic N) is 2. The Bertz CT molecular complexity index is 633. The summed E-state index contributed by atoms with van der Waals surface area (Å²) in [6.07, 6.45) is 0.601. The second kappa shape index (κ2) is 6.26. The summed E-state index contributed by atoms with van der Waals surface area (Å²) in [7, 11) is 1.96. The number of aromatic nitrogens is 2. The van der Waals surface area contributed by atoms with Crippen LogP contribution < -0.4 is 5.32 Å². The summed E-state index contributed by atoms with van der Waals surface area (Å²) in [5.41, 5.74) is 1.98. The first-order valence-corrected chi connectivity index (χ1v) is 7.30. The average molecular weight is 289 g/mol. The van der Waals surface area contributed by atoms with Gasteiger partial charge in [-0.2, -0.15) is 0 Å². The number of carboxylic acids is 1. The van der Waals surface area contributed by atoms with Crippen molar-refractivity contribution >= 4 is 17.0 Å². The molecule has 0 spiro atoms. The largest absolute Gasteiger partial charge is 0.480 e. The van der Waals surface area contributed by atoms with Gasteiger partial charge < -0.3 is 9.67 Å². The van der Waals surface area contributed by atoms with Gasteiger partial charge in [0.2, 0.25) is 0 Å². The maximum absolute atomic E-state index is 11.4. The molecule has 0 aliphatic carbocycles. The van der Waals surface area contributed by atoms with E-state index >= 15 is 0 Å². The number of hydrogen-bond donors (Lipinski definition) is 2. The lowest BCUT2D eigenvalue weighted by Gasteiger charge is -2.21. The van der Waals surface area contributed by atoms with Crippen LogP contribution in [0.2, 0.25) is 0 Å². The number of aliphatic carboxylic acids is 1.